The Hall–Kier alpha value is -3.13. The summed E-state index contributed by atoms with van der Waals surface area (Å²) < 4.78 is 8.48. The number of nitrogens with two attached hydrogens (primary N) is 1. The fourth-order valence-electron chi connectivity index (χ4n) is 2.81. The van der Waals surface area contributed by atoms with Gasteiger partial charge in [-0.15, -0.1) is 5.10 Å². The van der Waals surface area contributed by atoms with Crippen molar-refractivity contribution >= 4 is 29.6 Å². The number of carbonyl (C=O) groups is 1. The van der Waals surface area contributed by atoms with Crippen LogP contribution in [0.2, 0.25) is 0 Å². The van der Waals surface area contributed by atoms with E-state index in [0.29, 0.717) is 21.8 Å². The summed E-state index contributed by atoms with van der Waals surface area (Å²) in [6, 6.07) is 14.9. The number of ether oxygens (including phenoxy) is 1. The number of hydrogen-bond donors (Lipinski definition) is 2. The lowest BCUT2D eigenvalue weighted by molar-refractivity contribution is 0.0966. The number of aryl methyl sites for hydroxylation is 1. The first kappa shape index (κ1) is 18.7. The highest BCUT2D eigenvalue weighted by Crippen LogP contribution is 2.24. The largest absolute Gasteiger partial charge is 0.495 e. The number of anilines is 2. The lowest BCUT2D eigenvalue weighted by atomic mass is 10.0. The van der Waals surface area contributed by atoms with E-state index in [1.165, 1.54) is 9.36 Å². The minimum atomic E-state index is -0.0644. The van der Waals surface area contributed by atoms with Gasteiger partial charge in [0.1, 0.15) is 12.3 Å². The molecular formula is C19H21N5O2S. The normalized spacial score (nSPS) is 10.6. The van der Waals surface area contributed by atoms with E-state index < -0.39 is 0 Å². The second-order valence-corrected chi connectivity index (χ2v) is 6.24. The molecule has 0 aliphatic heterocycles. The molecule has 0 aliphatic rings. The highest BCUT2D eigenvalue weighted by molar-refractivity contribution is 7.71. The molecule has 0 saturated carbocycles. The highest BCUT2D eigenvalue weighted by atomic mass is 32.1. The summed E-state index contributed by atoms with van der Waals surface area (Å²) >= 11 is 5.45. The molecule has 0 unspecified atom stereocenters. The van der Waals surface area contributed by atoms with Crippen molar-refractivity contribution in [1.82, 2.24) is 14.5 Å². The first-order valence-corrected chi connectivity index (χ1v) is 8.92. The van der Waals surface area contributed by atoms with Gasteiger partial charge in [-0.3, -0.25) is 10.2 Å². The maximum Gasteiger partial charge on any atom is 0.240 e. The molecule has 3 aromatic rings. The summed E-state index contributed by atoms with van der Waals surface area (Å²) in [6.07, 6.45) is 0.777. The maximum absolute atomic E-state index is 12.7. The van der Waals surface area contributed by atoms with Crippen molar-refractivity contribution in [3.8, 4) is 5.75 Å². The van der Waals surface area contributed by atoms with Gasteiger partial charge in [0, 0.05) is 5.56 Å². The van der Waals surface area contributed by atoms with Crippen molar-refractivity contribution in [3.63, 3.8) is 0 Å². The Bertz CT molecular complexity index is 1020. The van der Waals surface area contributed by atoms with Crippen LogP contribution in [0.1, 0.15) is 22.8 Å². The van der Waals surface area contributed by atoms with Gasteiger partial charge in [0.25, 0.3) is 0 Å². The van der Waals surface area contributed by atoms with Crippen LogP contribution in [0.4, 0.5) is 11.6 Å². The van der Waals surface area contributed by atoms with Crippen molar-refractivity contribution in [1.29, 1.82) is 0 Å². The van der Waals surface area contributed by atoms with Crippen molar-refractivity contribution in [2.75, 3.05) is 18.3 Å². The van der Waals surface area contributed by atoms with Crippen LogP contribution in [0.25, 0.3) is 0 Å². The van der Waals surface area contributed by atoms with Crippen molar-refractivity contribution < 1.29 is 9.53 Å². The van der Waals surface area contributed by atoms with Crippen LogP contribution in [0.5, 0.6) is 5.75 Å². The smallest absolute Gasteiger partial charge is 0.240 e. The SMILES string of the molecule is CCc1ccccc1C(=O)Cn1nc(N)n(Nc2ccccc2OC)c1=S. The van der Waals surface area contributed by atoms with Crippen molar-refractivity contribution in [2.24, 2.45) is 0 Å². The molecule has 140 valence electrons. The van der Waals surface area contributed by atoms with E-state index in [-0.39, 0.29) is 18.3 Å². The number of hydrogen-bond acceptors (Lipinski definition) is 6. The van der Waals surface area contributed by atoms with Gasteiger partial charge in [0.15, 0.2) is 5.78 Å². The molecule has 0 fully saturated rings. The number of methoxy groups -OCH3 is 1. The van der Waals surface area contributed by atoms with Crippen LogP contribution in [0, 0.1) is 4.77 Å². The number of Topliss-reactive ketones (excluding diaryl/α,β-unsaturated/α-hetero) is 1. The van der Waals surface area contributed by atoms with Gasteiger partial charge in [0.05, 0.1) is 12.8 Å². The molecule has 0 radical (unpaired) electrons. The Labute approximate surface area is 162 Å². The molecule has 8 heteroatoms. The predicted molar refractivity (Wildman–Crippen MR) is 108 cm³/mol. The molecule has 1 aromatic heterocycles. The molecule has 27 heavy (non-hydrogen) atoms. The van der Waals surface area contributed by atoms with Crippen LogP contribution < -0.4 is 15.9 Å². The Morgan fingerprint density at radius 3 is 2.67 bits per heavy atom. The monoisotopic (exact) mass is 383 g/mol. The maximum atomic E-state index is 12.7. The molecule has 0 bridgehead atoms. The third-order valence-corrected chi connectivity index (χ3v) is 4.59. The Morgan fingerprint density at radius 2 is 1.93 bits per heavy atom. The number of aromatic nitrogens is 3. The minimum absolute atomic E-state index is 0.0145. The Morgan fingerprint density at radius 1 is 1.22 bits per heavy atom. The summed E-state index contributed by atoms with van der Waals surface area (Å²) in [5.41, 5.74) is 11.4. The number of carbonyl (C=O) groups excluding carboxylic acids is 1. The number of nitrogen functional groups attached to an aromatic ring is 1. The van der Waals surface area contributed by atoms with Gasteiger partial charge < -0.3 is 10.5 Å². The summed E-state index contributed by atoms with van der Waals surface area (Å²) in [4.78, 5) is 12.7. The van der Waals surface area contributed by atoms with Gasteiger partial charge in [-0.2, -0.15) is 4.68 Å². The molecule has 0 saturated heterocycles. The van der Waals surface area contributed by atoms with Crippen LogP contribution in [0.3, 0.4) is 0 Å². The topological polar surface area (TPSA) is 87.1 Å². The molecule has 7 nitrogen and oxygen atoms in total. The van der Waals surface area contributed by atoms with Crippen LogP contribution in [-0.4, -0.2) is 27.3 Å². The number of nitrogens with one attached hydrogen (secondary N) is 1. The van der Waals surface area contributed by atoms with Gasteiger partial charge in [-0.05, 0) is 36.3 Å². The average Bonchev–Trinajstić information content (AvgIpc) is 2.95. The molecule has 2 aromatic carbocycles. The third kappa shape index (κ3) is 3.85. The zero-order valence-electron chi connectivity index (χ0n) is 15.2. The van der Waals surface area contributed by atoms with Gasteiger partial charge in [-0.1, -0.05) is 43.3 Å². The Kier molecular flexibility index (Phi) is 5.56. The zero-order chi connectivity index (χ0) is 19.4. The van der Waals surface area contributed by atoms with Crippen LogP contribution >= 0.6 is 12.2 Å². The lowest BCUT2D eigenvalue weighted by Gasteiger charge is -2.11. The Balaban J connectivity index is 1.88. The van der Waals surface area contributed by atoms with Gasteiger partial charge in [-0.25, -0.2) is 4.68 Å². The predicted octanol–water partition coefficient (Wildman–Crippen LogP) is 3.33. The standard InChI is InChI=1S/C19H21N5O2S/c1-3-13-8-4-5-9-14(13)16(25)12-23-19(27)24(18(20)22-23)21-15-10-6-7-11-17(15)26-2/h4-11,21H,3,12H2,1-2H3,(H2,20,22). The first-order valence-electron chi connectivity index (χ1n) is 8.51. The van der Waals surface area contributed by atoms with Gasteiger partial charge in [0.2, 0.25) is 10.7 Å². The van der Waals surface area contributed by atoms with E-state index in [9.17, 15) is 4.79 Å². The minimum Gasteiger partial charge on any atom is -0.495 e. The van der Waals surface area contributed by atoms with Gasteiger partial charge >= 0.3 is 0 Å². The summed E-state index contributed by atoms with van der Waals surface area (Å²) in [5, 5.41) is 4.21. The summed E-state index contributed by atoms with van der Waals surface area (Å²) in [5.74, 6) is 0.729. The van der Waals surface area contributed by atoms with Crippen LogP contribution in [-0.2, 0) is 13.0 Å². The molecule has 1 heterocycles. The number of nitrogens with zero attached hydrogens (tertiary/aromatic N) is 3. The summed E-state index contributed by atoms with van der Waals surface area (Å²) in [6.45, 7) is 2.03. The van der Waals surface area contributed by atoms with E-state index >= 15 is 0 Å². The van der Waals surface area contributed by atoms with Crippen molar-refractivity contribution in [2.45, 2.75) is 19.9 Å². The van der Waals surface area contributed by atoms with E-state index in [0.717, 1.165) is 12.0 Å². The fraction of sp³-hybridized carbons (Fsp3) is 0.211. The summed E-state index contributed by atoms with van der Waals surface area (Å²) in [7, 11) is 1.58. The first-order chi connectivity index (χ1) is 13.0. The molecular weight excluding hydrogens is 362 g/mol. The molecule has 0 aliphatic carbocycles. The second-order valence-electron chi connectivity index (χ2n) is 5.88. The van der Waals surface area contributed by atoms with E-state index in [4.69, 9.17) is 22.7 Å². The second kappa shape index (κ2) is 8.05. The van der Waals surface area contributed by atoms with E-state index in [1.54, 1.807) is 7.11 Å². The number of para-hydroxylation sites is 2. The zero-order valence-corrected chi connectivity index (χ0v) is 16.0. The third-order valence-electron chi connectivity index (χ3n) is 4.20. The number of rotatable bonds is 7. The fourth-order valence-corrected chi connectivity index (χ4v) is 3.06. The lowest BCUT2D eigenvalue weighted by Crippen LogP contribution is -2.15. The molecule has 3 N–H and O–H groups in total. The van der Waals surface area contributed by atoms with Crippen LogP contribution in [0.15, 0.2) is 48.5 Å². The molecule has 3 rings (SSSR count). The molecule has 0 atom stereocenters. The van der Waals surface area contributed by atoms with Crippen molar-refractivity contribution in [3.05, 3.63) is 64.4 Å². The average molecular weight is 383 g/mol. The molecule has 0 spiro atoms. The van der Waals surface area contributed by atoms with E-state index in [2.05, 4.69) is 10.5 Å². The molecule has 0 amide bonds. The number of benzene rings is 2. The quantitative estimate of drug-likeness (QED) is 0.481. The van der Waals surface area contributed by atoms with E-state index in [1.807, 2.05) is 55.5 Å². The highest BCUT2D eigenvalue weighted by Gasteiger charge is 2.15. The number of ketones is 1.